The van der Waals surface area contributed by atoms with Crippen molar-refractivity contribution in [2.24, 2.45) is 0 Å². The van der Waals surface area contributed by atoms with Gasteiger partial charge in [0, 0.05) is 11.1 Å². The number of hydrogen-bond acceptors (Lipinski definition) is 2. The van der Waals surface area contributed by atoms with Crippen molar-refractivity contribution < 1.29 is 9.63 Å². The van der Waals surface area contributed by atoms with Crippen LogP contribution in [0.25, 0.3) is 0 Å². The predicted octanol–water partition coefficient (Wildman–Crippen LogP) is 0.959. The van der Waals surface area contributed by atoms with Gasteiger partial charge in [-0.1, -0.05) is 12.0 Å². The Morgan fingerprint density at radius 3 is 3.00 bits per heavy atom. The molecule has 0 radical (unpaired) electrons. The van der Waals surface area contributed by atoms with E-state index in [4.69, 9.17) is 6.42 Å². The molecule has 1 aromatic rings. The molecule has 0 unspecified atom stereocenters. The molecule has 0 aromatic heterocycles. The maximum atomic E-state index is 11.2. The van der Waals surface area contributed by atoms with E-state index >= 15 is 0 Å². The molecule has 0 aliphatic heterocycles. The van der Waals surface area contributed by atoms with Crippen LogP contribution in [0.4, 0.5) is 0 Å². The Morgan fingerprint density at radius 2 is 2.38 bits per heavy atom. The summed E-state index contributed by atoms with van der Waals surface area (Å²) in [6.45, 7) is 0. The number of benzene rings is 1. The largest absolute Gasteiger partial charge is 0.277 e. The Kier molecular flexibility index (Phi) is 3.07. The van der Waals surface area contributed by atoms with Gasteiger partial charge >= 0.3 is 0 Å². The molecule has 1 aromatic carbocycles. The summed E-state index contributed by atoms with van der Waals surface area (Å²) in [6, 6.07) is 6.76. The molecule has 0 heterocycles. The van der Waals surface area contributed by atoms with Gasteiger partial charge in [-0.2, -0.15) is 0 Å². The molecule has 13 heavy (non-hydrogen) atoms. The number of rotatable bonds is 2. The number of hydroxylamine groups is 1. The van der Waals surface area contributed by atoms with Gasteiger partial charge in [-0.15, -0.1) is 6.42 Å². The second-order valence-corrected chi connectivity index (χ2v) is 2.36. The molecule has 0 saturated heterocycles. The van der Waals surface area contributed by atoms with Crippen molar-refractivity contribution in [3.8, 4) is 12.3 Å². The normalized spacial score (nSPS) is 8.92. The third-order valence-corrected chi connectivity index (χ3v) is 1.49. The number of amides is 1. The fourth-order valence-corrected chi connectivity index (χ4v) is 0.902. The summed E-state index contributed by atoms with van der Waals surface area (Å²) in [4.78, 5) is 15.7. The van der Waals surface area contributed by atoms with Crippen LogP contribution in [-0.4, -0.2) is 13.0 Å². The third-order valence-electron chi connectivity index (χ3n) is 1.49. The molecule has 0 atom stereocenters. The molecule has 3 nitrogen and oxygen atoms in total. The number of nitrogens with one attached hydrogen (secondary N) is 1. The molecule has 0 bridgehead atoms. The van der Waals surface area contributed by atoms with Crippen LogP contribution in [0.15, 0.2) is 24.3 Å². The summed E-state index contributed by atoms with van der Waals surface area (Å²) in [7, 11) is 1.38. The van der Waals surface area contributed by atoms with Crippen LogP contribution in [0.1, 0.15) is 15.9 Å². The van der Waals surface area contributed by atoms with Crippen molar-refractivity contribution in [3.63, 3.8) is 0 Å². The molecule has 1 N–H and O–H groups in total. The fourth-order valence-electron chi connectivity index (χ4n) is 0.902. The smallest absolute Gasteiger partial charge is 0.274 e. The average Bonchev–Trinajstić information content (AvgIpc) is 2.18. The Bertz CT molecular complexity index is 352. The Hall–Kier alpha value is -1.79. The lowest BCUT2D eigenvalue weighted by atomic mass is 10.1. The average molecular weight is 175 g/mol. The van der Waals surface area contributed by atoms with Gasteiger partial charge in [0.2, 0.25) is 0 Å². The van der Waals surface area contributed by atoms with Gasteiger partial charge in [-0.3, -0.25) is 9.63 Å². The van der Waals surface area contributed by atoms with E-state index < -0.39 is 0 Å². The predicted molar refractivity (Wildman–Crippen MR) is 48.9 cm³/mol. The highest BCUT2D eigenvalue weighted by Gasteiger charge is 2.03. The summed E-state index contributed by atoms with van der Waals surface area (Å²) < 4.78 is 0. The van der Waals surface area contributed by atoms with Crippen LogP contribution in [0.5, 0.6) is 0 Å². The minimum absolute atomic E-state index is 0.306. The highest BCUT2D eigenvalue weighted by atomic mass is 16.6. The van der Waals surface area contributed by atoms with E-state index in [-0.39, 0.29) is 5.91 Å². The van der Waals surface area contributed by atoms with Gasteiger partial charge in [-0.25, -0.2) is 5.48 Å². The quantitative estimate of drug-likeness (QED) is 0.537. The zero-order valence-corrected chi connectivity index (χ0v) is 7.20. The standard InChI is InChI=1S/C10H9NO2/c1-3-8-5-4-6-9(7-8)10(12)11-13-2/h1,4-7H,2H3,(H,11,12). The zero-order chi connectivity index (χ0) is 9.68. The highest BCUT2D eigenvalue weighted by molar-refractivity contribution is 5.93. The monoisotopic (exact) mass is 175 g/mol. The molecule has 1 amide bonds. The molecule has 0 fully saturated rings. The zero-order valence-electron chi connectivity index (χ0n) is 7.20. The maximum Gasteiger partial charge on any atom is 0.274 e. The molecular formula is C10H9NO2. The van der Waals surface area contributed by atoms with Crippen molar-refractivity contribution in [1.82, 2.24) is 5.48 Å². The van der Waals surface area contributed by atoms with Crippen molar-refractivity contribution in [2.45, 2.75) is 0 Å². The van der Waals surface area contributed by atoms with E-state index in [1.54, 1.807) is 24.3 Å². The first kappa shape index (κ1) is 9.30. The highest BCUT2D eigenvalue weighted by Crippen LogP contribution is 2.03. The van der Waals surface area contributed by atoms with Crippen LogP contribution < -0.4 is 5.48 Å². The van der Waals surface area contributed by atoms with Crippen LogP contribution in [0, 0.1) is 12.3 Å². The van der Waals surface area contributed by atoms with Gasteiger partial charge in [0.25, 0.3) is 5.91 Å². The first-order valence-electron chi connectivity index (χ1n) is 3.68. The van der Waals surface area contributed by atoms with E-state index in [1.807, 2.05) is 0 Å². The summed E-state index contributed by atoms with van der Waals surface area (Å²) in [6.07, 6.45) is 5.18. The van der Waals surface area contributed by atoms with Gasteiger partial charge in [-0.05, 0) is 18.2 Å². The Labute approximate surface area is 76.7 Å². The topological polar surface area (TPSA) is 38.3 Å². The lowest BCUT2D eigenvalue weighted by Gasteiger charge is -2.01. The molecule has 3 heteroatoms. The van der Waals surface area contributed by atoms with Crippen molar-refractivity contribution in [3.05, 3.63) is 35.4 Å². The van der Waals surface area contributed by atoms with Crippen molar-refractivity contribution in [1.29, 1.82) is 0 Å². The van der Waals surface area contributed by atoms with Crippen LogP contribution >= 0.6 is 0 Å². The van der Waals surface area contributed by atoms with Gasteiger partial charge in [0.15, 0.2) is 0 Å². The van der Waals surface area contributed by atoms with Crippen LogP contribution in [0.3, 0.4) is 0 Å². The minimum Gasteiger partial charge on any atom is -0.277 e. The second kappa shape index (κ2) is 4.29. The van der Waals surface area contributed by atoms with E-state index in [2.05, 4.69) is 16.2 Å². The second-order valence-electron chi connectivity index (χ2n) is 2.36. The maximum absolute atomic E-state index is 11.2. The van der Waals surface area contributed by atoms with Crippen LogP contribution in [-0.2, 0) is 4.84 Å². The molecule has 0 saturated carbocycles. The lowest BCUT2D eigenvalue weighted by Crippen LogP contribution is -2.21. The summed E-state index contributed by atoms with van der Waals surface area (Å²) in [5, 5.41) is 0. The number of carbonyl (C=O) groups excluding carboxylic acids is 1. The molecule has 0 aliphatic carbocycles. The Morgan fingerprint density at radius 1 is 1.62 bits per heavy atom. The first-order valence-corrected chi connectivity index (χ1v) is 3.68. The Balaban J connectivity index is 2.90. The number of hydrogen-bond donors (Lipinski definition) is 1. The summed E-state index contributed by atoms with van der Waals surface area (Å²) in [5.74, 6) is 2.14. The van der Waals surface area contributed by atoms with Gasteiger partial charge in [0.1, 0.15) is 0 Å². The van der Waals surface area contributed by atoms with E-state index in [1.165, 1.54) is 7.11 Å². The lowest BCUT2D eigenvalue weighted by molar-refractivity contribution is 0.0537. The third kappa shape index (κ3) is 2.32. The van der Waals surface area contributed by atoms with E-state index in [9.17, 15) is 4.79 Å². The first-order chi connectivity index (χ1) is 6.27. The van der Waals surface area contributed by atoms with Crippen molar-refractivity contribution in [2.75, 3.05) is 7.11 Å². The summed E-state index contributed by atoms with van der Waals surface area (Å²) >= 11 is 0. The SMILES string of the molecule is C#Cc1cccc(C(=O)NOC)c1. The van der Waals surface area contributed by atoms with Crippen molar-refractivity contribution >= 4 is 5.91 Å². The van der Waals surface area contributed by atoms with E-state index in [0.29, 0.717) is 11.1 Å². The molecule has 1 rings (SSSR count). The van der Waals surface area contributed by atoms with Gasteiger partial charge < -0.3 is 0 Å². The molecule has 0 aliphatic rings. The fraction of sp³-hybridized carbons (Fsp3) is 0.100. The number of carbonyl (C=O) groups is 1. The minimum atomic E-state index is -0.306. The molecule has 0 spiro atoms. The molecular weight excluding hydrogens is 166 g/mol. The van der Waals surface area contributed by atoms with E-state index in [0.717, 1.165) is 0 Å². The van der Waals surface area contributed by atoms with Gasteiger partial charge in [0.05, 0.1) is 7.11 Å². The molecule has 66 valence electrons. The summed E-state index contributed by atoms with van der Waals surface area (Å²) in [5.41, 5.74) is 3.36. The number of terminal acetylenes is 1. The van der Waals surface area contributed by atoms with Crippen LogP contribution in [0.2, 0.25) is 0 Å².